The normalized spacial score (nSPS) is 11.2. The fourth-order valence-electron chi connectivity index (χ4n) is 1.32. The molecule has 0 spiro atoms. The summed E-state index contributed by atoms with van der Waals surface area (Å²) in [6, 6.07) is 5.33. The van der Waals surface area contributed by atoms with Crippen molar-refractivity contribution in [3.8, 4) is 0 Å². The van der Waals surface area contributed by atoms with E-state index in [1.165, 1.54) is 31.3 Å². The molecule has 0 heterocycles. The number of anilines is 1. The van der Waals surface area contributed by atoms with E-state index in [0.717, 1.165) is 4.31 Å². The average Bonchev–Trinajstić information content (AvgIpc) is 2.35. The van der Waals surface area contributed by atoms with Crippen molar-refractivity contribution in [2.75, 3.05) is 23.0 Å². The summed E-state index contributed by atoms with van der Waals surface area (Å²) in [5.74, 6) is 0.220. The van der Waals surface area contributed by atoms with Crippen molar-refractivity contribution in [3.05, 3.63) is 34.4 Å². The molecule has 0 amide bonds. The van der Waals surface area contributed by atoms with Crippen LogP contribution in [0, 0.1) is 10.1 Å². The third kappa shape index (κ3) is 3.58. The maximum atomic E-state index is 11.8. The van der Waals surface area contributed by atoms with E-state index < -0.39 is 14.9 Å². The van der Waals surface area contributed by atoms with E-state index in [2.05, 4.69) is 0 Å². The molecule has 6 nitrogen and oxygen atoms in total. The lowest BCUT2D eigenvalue weighted by Gasteiger charge is -2.18. The summed E-state index contributed by atoms with van der Waals surface area (Å²) >= 11 is 5.46. The van der Waals surface area contributed by atoms with Gasteiger partial charge in [-0.05, 0) is 18.6 Å². The first kappa shape index (κ1) is 14.7. The Morgan fingerprint density at radius 3 is 2.33 bits per heavy atom. The van der Waals surface area contributed by atoms with Gasteiger partial charge in [0.15, 0.2) is 0 Å². The molecule has 0 aliphatic carbocycles. The van der Waals surface area contributed by atoms with Gasteiger partial charge in [0.1, 0.15) is 0 Å². The lowest BCUT2D eigenvalue weighted by Crippen LogP contribution is -2.29. The highest BCUT2D eigenvalue weighted by molar-refractivity contribution is 7.92. The summed E-state index contributed by atoms with van der Waals surface area (Å²) < 4.78 is 24.8. The molecule has 0 unspecified atom stereocenters. The topological polar surface area (TPSA) is 80.5 Å². The molecule has 0 fully saturated rings. The average molecular weight is 293 g/mol. The molecule has 1 rings (SSSR count). The maximum Gasteiger partial charge on any atom is 0.269 e. The van der Waals surface area contributed by atoms with Crippen molar-refractivity contribution in [3.63, 3.8) is 0 Å². The predicted octanol–water partition coefficient (Wildman–Crippen LogP) is 1.99. The quantitative estimate of drug-likeness (QED) is 0.456. The summed E-state index contributed by atoms with van der Waals surface area (Å²) in [5, 5.41) is 10.5. The van der Waals surface area contributed by atoms with E-state index in [9.17, 15) is 18.5 Å². The Hall–Kier alpha value is -1.34. The highest BCUT2D eigenvalue weighted by atomic mass is 35.5. The number of alkyl halides is 1. The van der Waals surface area contributed by atoms with Crippen LogP contribution in [0.1, 0.15) is 6.42 Å². The van der Waals surface area contributed by atoms with Crippen LogP contribution < -0.4 is 4.31 Å². The smallest absolute Gasteiger partial charge is 0.269 e. The number of non-ortho nitro benzene ring substituents is 1. The Morgan fingerprint density at radius 1 is 1.33 bits per heavy atom. The monoisotopic (exact) mass is 292 g/mol. The molecule has 18 heavy (non-hydrogen) atoms. The fraction of sp³-hybridized carbons (Fsp3) is 0.400. The van der Waals surface area contributed by atoms with Crippen LogP contribution >= 0.6 is 11.6 Å². The Bertz CT molecular complexity index is 515. The Balaban J connectivity index is 2.90. The molecule has 1 aromatic rings. The number of benzene rings is 1. The van der Waals surface area contributed by atoms with E-state index in [-0.39, 0.29) is 17.3 Å². The SMILES string of the molecule is CN(c1ccc([N+](=O)[O-])cc1)S(=O)(=O)CCCCl. The highest BCUT2D eigenvalue weighted by Gasteiger charge is 2.18. The molecule has 0 N–H and O–H groups in total. The number of hydrogen-bond acceptors (Lipinski definition) is 4. The van der Waals surface area contributed by atoms with Crippen molar-refractivity contribution < 1.29 is 13.3 Å². The minimum atomic E-state index is -3.43. The summed E-state index contributed by atoms with van der Waals surface area (Å²) in [6.45, 7) is 0. The Kier molecular flexibility index (Phi) is 4.92. The molecule has 0 saturated heterocycles. The van der Waals surface area contributed by atoms with E-state index >= 15 is 0 Å². The van der Waals surface area contributed by atoms with Gasteiger partial charge >= 0.3 is 0 Å². The summed E-state index contributed by atoms with van der Waals surface area (Å²) in [5.41, 5.74) is 0.306. The fourth-order valence-corrected chi connectivity index (χ4v) is 2.84. The molecule has 0 bridgehead atoms. The number of nitro benzene ring substituents is 1. The molecule has 100 valence electrons. The Labute approximate surface area is 110 Å². The van der Waals surface area contributed by atoms with Gasteiger partial charge in [-0.2, -0.15) is 0 Å². The molecular weight excluding hydrogens is 280 g/mol. The first-order chi connectivity index (χ1) is 8.38. The second-order valence-corrected chi connectivity index (χ2v) is 6.10. The zero-order chi connectivity index (χ0) is 13.8. The molecule has 1 aromatic carbocycles. The van der Waals surface area contributed by atoms with Gasteiger partial charge in [-0.1, -0.05) is 0 Å². The van der Waals surface area contributed by atoms with Crippen molar-refractivity contribution in [1.82, 2.24) is 0 Å². The minimum absolute atomic E-state index is 0.0516. The van der Waals surface area contributed by atoms with Crippen molar-refractivity contribution in [2.24, 2.45) is 0 Å². The van der Waals surface area contributed by atoms with Crippen LogP contribution in [-0.4, -0.2) is 32.0 Å². The van der Waals surface area contributed by atoms with Gasteiger partial charge in [-0.3, -0.25) is 14.4 Å². The van der Waals surface area contributed by atoms with Gasteiger partial charge in [0, 0.05) is 25.1 Å². The standard InChI is InChI=1S/C10H13ClN2O4S/c1-12(18(16,17)8-2-7-11)9-3-5-10(6-4-9)13(14)15/h3-6H,2,7-8H2,1H3. The van der Waals surface area contributed by atoms with E-state index in [1.807, 2.05) is 0 Å². The molecular formula is C10H13ClN2O4S. The lowest BCUT2D eigenvalue weighted by atomic mass is 10.3. The predicted molar refractivity (Wildman–Crippen MR) is 70.6 cm³/mol. The molecule has 0 radical (unpaired) electrons. The number of nitrogens with zero attached hydrogens (tertiary/aromatic N) is 2. The zero-order valence-corrected chi connectivity index (χ0v) is 11.3. The van der Waals surface area contributed by atoms with Crippen LogP contribution in [0.5, 0.6) is 0 Å². The number of hydrogen-bond donors (Lipinski definition) is 0. The molecule has 0 aromatic heterocycles. The third-order valence-corrected chi connectivity index (χ3v) is 4.49. The molecule has 8 heteroatoms. The minimum Gasteiger partial charge on any atom is -0.273 e. The second-order valence-electron chi connectivity index (χ2n) is 3.60. The summed E-state index contributed by atoms with van der Waals surface area (Å²) in [7, 11) is -2.02. The number of nitro groups is 1. The first-order valence-corrected chi connectivity index (χ1v) is 7.30. The second kappa shape index (κ2) is 6.01. The van der Waals surface area contributed by atoms with Crippen molar-refractivity contribution >= 4 is 33.0 Å². The van der Waals surface area contributed by atoms with Crippen LogP contribution in [0.3, 0.4) is 0 Å². The first-order valence-electron chi connectivity index (χ1n) is 5.15. The zero-order valence-electron chi connectivity index (χ0n) is 9.74. The lowest BCUT2D eigenvalue weighted by molar-refractivity contribution is -0.384. The third-order valence-electron chi connectivity index (χ3n) is 2.38. The van der Waals surface area contributed by atoms with Crippen molar-refractivity contribution in [2.45, 2.75) is 6.42 Å². The molecule has 0 aliphatic heterocycles. The van der Waals surface area contributed by atoms with Crippen LogP contribution in [-0.2, 0) is 10.0 Å². The van der Waals surface area contributed by atoms with Crippen LogP contribution in [0.2, 0.25) is 0 Å². The van der Waals surface area contributed by atoms with Gasteiger partial charge in [0.25, 0.3) is 5.69 Å². The summed E-state index contributed by atoms with van der Waals surface area (Å²) in [4.78, 5) is 9.94. The van der Waals surface area contributed by atoms with Gasteiger partial charge in [-0.25, -0.2) is 8.42 Å². The number of rotatable bonds is 6. The van der Waals surface area contributed by atoms with E-state index in [0.29, 0.717) is 12.1 Å². The van der Waals surface area contributed by atoms with Crippen LogP contribution in [0.4, 0.5) is 11.4 Å². The molecule has 0 atom stereocenters. The van der Waals surface area contributed by atoms with Crippen LogP contribution in [0.25, 0.3) is 0 Å². The van der Waals surface area contributed by atoms with E-state index in [4.69, 9.17) is 11.6 Å². The number of halogens is 1. The molecule has 0 aliphatic rings. The van der Waals surface area contributed by atoms with Crippen LogP contribution in [0.15, 0.2) is 24.3 Å². The van der Waals surface area contributed by atoms with Gasteiger partial charge in [0.05, 0.1) is 16.4 Å². The maximum absolute atomic E-state index is 11.8. The Morgan fingerprint density at radius 2 is 1.89 bits per heavy atom. The largest absolute Gasteiger partial charge is 0.273 e. The molecule has 0 saturated carbocycles. The van der Waals surface area contributed by atoms with Crippen molar-refractivity contribution in [1.29, 1.82) is 0 Å². The summed E-state index contributed by atoms with van der Waals surface area (Å²) in [6.07, 6.45) is 0.362. The van der Waals surface area contributed by atoms with E-state index in [1.54, 1.807) is 0 Å². The number of sulfonamides is 1. The van der Waals surface area contributed by atoms with Gasteiger partial charge in [-0.15, -0.1) is 11.6 Å². The van der Waals surface area contributed by atoms with Gasteiger partial charge in [0.2, 0.25) is 10.0 Å². The highest BCUT2D eigenvalue weighted by Crippen LogP contribution is 2.20. The van der Waals surface area contributed by atoms with Gasteiger partial charge < -0.3 is 0 Å².